The van der Waals surface area contributed by atoms with Crippen LogP contribution in [0.1, 0.15) is 43.9 Å². The average molecular weight is 232 g/mol. The SMILES string of the molecule is CCCCCCc1cc2c(O)c(C)ccc2o1. The molecule has 2 heteroatoms. The summed E-state index contributed by atoms with van der Waals surface area (Å²) in [4.78, 5) is 0. The first-order valence-corrected chi connectivity index (χ1v) is 6.43. The van der Waals surface area contributed by atoms with Crippen LogP contribution in [0.15, 0.2) is 22.6 Å². The van der Waals surface area contributed by atoms with Gasteiger partial charge in [-0.2, -0.15) is 0 Å². The first kappa shape index (κ1) is 12.0. The topological polar surface area (TPSA) is 33.4 Å². The number of aryl methyl sites for hydroxylation is 2. The molecule has 0 radical (unpaired) electrons. The zero-order valence-electron chi connectivity index (χ0n) is 10.6. The minimum atomic E-state index is 0.353. The second-order valence-electron chi connectivity index (χ2n) is 4.67. The fraction of sp³-hybridized carbons (Fsp3) is 0.467. The lowest BCUT2D eigenvalue weighted by atomic mass is 10.1. The van der Waals surface area contributed by atoms with E-state index in [1.54, 1.807) is 0 Å². The van der Waals surface area contributed by atoms with Crippen LogP contribution in [-0.4, -0.2) is 5.11 Å². The Morgan fingerprint density at radius 1 is 1.18 bits per heavy atom. The van der Waals surface area contributed by atoms with Gasteiger partial charge in [0.15, 0.2) is 0 Å². The molecule has 0 fully saturated rings. The van der Waals surface area contributed by atoms with E-state index < -0.39 is 0 Å². The van der Waals surface area contributed by atoms with Gasteiger partial charge < -0.3 is 9.52 Å². The molecule has 2 rings (SSSR count). The molecular weight excluding hydrogens is 212 g/mol. The normalized spacial score (nSPS) is 11.2. The molecule has 92 valence electrons. The fourth-order valence-electron chi connectivity index (χ4n) is 2.11. The lowest BCUT2D eigenvalue weighted by Gasteiger charge is -1.96. The van der Waals surface area contributed by atoms with Crippen molar-refractivity contribution >= 4 is 11.0 Å². The van der Waals surface area contributed by atoms with Gasteiger partial charge in [-0.05, 0) is 31.0 Å². The summed E-state index contributed by atoms with van der Waals surface area (Å²) in [5.41, 5.74) is 1.69. The summed E-state index contributed by atoms with van der Waals surface area (Å²) >= 11 is 0. The van der Waals surface area contributed by atoms with Crippen molar-refractivity contribution < 1.29 is 9.52 Å². The Kier molecular flexibility index (Phi) is 3.72. The van der Waals surface area contributed by atoms with E-state index in [0.717, 1.165) is 35.1 Å². The highest BCUT2D eigenvalue weighted by Crippen LogP contribution is 2.31. The van der Waals surface area contributed by atoms with Gasteiger partial charge in [-0.15, -0.1) is 0 Å². The lowest BCUT2D eigenvalue weighted by Crippen LogP contribution is -1.81. The van der Waals surface area contributed by atoms with Gasteiger partial charge in [0.25, 0.3) is 0 Å². The van der Waals surface area contributed by atoms with Crippen LogP contribution >= 0.6 is 0 Å². The maximum Gasteiger partial charge on any atom is 0.138 e. The zero-order chi connectivity index (χ0) is 12.3. The molecule has 0 saturated carbocycles. The molecular formula is C15H20O2. The highest BCUT2D eigenvalue weighted by molar-refractivity contribution is 5.85. The molecule has 2 aromatic rings. The molecule has 17 heavy (non-hydrogen) atoms. The molecule has 0 unspecified atom stereocenters. The molecule has 0 aliphatic carbocycles. The number of rotatable bonds is 5. The van der Waals surface area contributed by atoms with Crippen LogP contribution < -0.4 is 0 Å². The predicted molar refractivity (Wildman–Crippen MR) is 70.5 cm³/mol. The molecule has 0 amide bonds. The summed E-state index contributed by atoms with van der Waals surface area (Å²) in [6, 6.07) is 5.80. The summed E-state index contributed by atoms with van der Waals surface area (Å²) in [6.45, 7) is 4.12. The first-order chi connectivity index (χ1) is 8.22. The standard InChI is InChI=1S/C15H20O2/c1-3-4-5-6-7-12-10-13-14(17-12)9-8-11(2)15(13)16/h8-10,16H,3-7H2,1-2H3. The van der Waals surface area contributed by atoms with Crippen LogP contribution in [0.4, 0.5) is 0 Å². The predicted octanol–water partition coefficient (Wildman–Crippen LogP) is 4.57. The number of unbranched alkanes of at least 4 members (excludes halogenated alkanes) is 3. The number of hydrogen-bond donors (Lipinski definition) is 1. The summed E-state index contributed by atoms with van der Waals surface area (Å²) in [6.07, 6.45) is 5.91. The van der Waals surface area contributed by atoms with Gasteiger partial charge >= 0.3 is 0 Å². The molecule has 0 saturated heterocycles. The Labute approximate surface area is 102 Å². The molecule has 1 aromatic heterocycles. The van der Waals surface area contributed by atoms with E-state index in [4.69, 9.17) is 4.42 Å². The summed E-state index contributed by atoms with van der Waals surface area (Å²) in [5.74, 6) is 1.34. The van der Waals surface area contributed by atoms with Gasteiger partial charge in [-0.1, -0.05) is 32.3 Å². The molecule has 1 N–H and O–H groups in total. The number of fused-ring (bicyclic) bond motifs is 1. The van der Waals surface area contributed by atoms with Crippen molar-refractivity contribution in [2.24, 2.45) is 0 Å². The van der Waals surface area contributed by atoms with E-state index in [1.165, 1.54) is 19.3 Å². The van der Waals surface area contributed by atoms with Gasteiger partial charge in [-0.3, -0.25) is 0 Å². The van der Waals surface area contributed by atoms with Crippen molar-refractivity contribution in [2.75, 3.05) is 0 Å². The van der Waals surface area contributed by atoms with Crippen molar-refractivity contribution in [1.29, 1.82) is 0 Å². The highest BCUT2D eigenvalue weighted by atomic mass is 16.3. The van der Waals surface area contributed by atoms with Crippen LogP contribution in [0.5, 0.6) is 5.75 Å². The van der Waals surface area contributed by atoms with Crippen molar-refractivity contribution in [3.8, 4) is 5.75 Å². The van der Waals surface area contributed by atoms with Crippen LogP contribution in [0, 0.1) is 6.92 Å². The van der Waals surface area contributed by atoms with Gasteiger partial charge in [0.1, 0.15) is 17.1 Å². The van der Waals surface area contributed by atoms with Crippen molar-refractivity contribution in [3.63, 3.8) is 0 Å². The van der Waals surface area contributed by atoms with Crippen molar-refractivity contribution in [3.05, 3.63) is 29.5 Å². The number of benzene rings is 1. The average Bonchev–Trinajstić information content (AvgIpc) is 2.74. The second kappa shape index (κ2) is 5.26. The van der Waals surface area contributed by atoms with E-state index in [0.29, 0.717) is 5.75 Å². The fourth-order valence-corrected chi connectivity index (χ4v) is 2.11. The van der Waals surface area contributed by atoms with Crippen LogP contribution in [-0.2, 0) is 6.42 Å². The number of hydrogen-bond acceptors (Lipinski definition) is 2. The van der Waals surface area contributed by atoms with E-state index >= 15 is 0 Å². The van der Waals surface area contributed by atoms with Gasteiger partial charge in [-0.25, -0.2) is 0 Å². The Balaban J connectivity index is 2.12. The van der Waals surface area contributed by atoms with Crippen molar-refractivity contribution in [2.45, 2.75) is 46.0 Å². The van der Waals surface area contributed by atoms with Crippen molar-refractivity contribution in [1.82, 2.24) is 0 Å². The summed E-state index contributed by atoms with van der Waals surface area (Å²) in [7, 11) is 0. The van der Waals surface area contributed by atoms with E-state index in [9.17, 15) is 5.11 Å². The molecule has 0 bridgehead atoms. The van der Waals surface area contributed by atoms with E-state index in [1.807, 2.05) is 25.1 Å². The van der Waals surface area contributed by atoms with Crippen LogP contribution in [0.25, 0.3) is 11.0 Å². The Hall–Kier alpha value is -1.44. The summed E-state index contributed by atoms with van der Waals surface area (Å²) in [5, 5.41) is 10.8. The third kappa shape index (κ3) is 2.63. The second-order valence-corrected chi connectivity index (χ2v) is 4.67. The Morgan fingerprint density at radius 3 is 2.76 bits per heavy atom. The molecule has 0 spiro atoms. The number of furan rings is 1. The first-order valence-electron chi connectivity index (χ1n) is 6.43. The van der Waals surface area contributed by atoms with Crippen LogP contribution in [0.2, 0.25) is 0 Å². The molecule has 1 heterocycles. The minimum Gasteiger partial charge on any atom is -0.507 e. The van der Waals surface area contributed by atoms with Crippen LogP contribution in [0.3, 0.4) is 0 Å². The Bertz CT molecular complexity index is 497. The third-order valence-electron chi connectivity index (χ3n) is 3.20. The molecule has 0 aliphatic rings. The number of phenols is 1. The smallest absolute Gasteiger partial charge is 0.138 e. The highest BCUT2D eigenvalue weighted by Gasteiger charge is 2.09. The largest absolute Gasteiger partial charge is 0.507 e. The maximum atomic E-state index is 9.92. The van der Waals surface area contributed by atoms with E-state index in [2.05, 4.69) is 6.92 Å². The minimum absolute atomic E-state index is 0.353. The zero-order valence-corrected chi connectivity index (χ0v) is 10.6. The lowest BCUT2D eigenvalue weighted by molar-refractivity contribution is 0.477. The van der Waals surface area contributed by atoms with Gasteiger partial charge in [0, 0.05) is 6.42 Å². The Morgan fingerprint density at radius 2 is 2.00 bits per heavy atom. The monoisotopic (exact) mass is 232 g/mol. The maximum absolute atomic E-state index is 9.92. The molecule has 1 aromatic carbocycles. The van der Waals surface area contributed by atoms with Gasteiger partial charge in [0.2, 0.25) is 0 Å². The van der Waals surface area contributed by atoms with E-state index in [-0.39, 0.29) is 0 Å². The third-order valence-corrected chi connectivity index (χ3v) is 3.20. The van der Waals surface area contributed by atoms with Gasteiger partial charge in [0.05, 0.1) is 5.39 Å². The molecule has 0 aliphatic heterocycles. The number of phenolic OH excluding ortho intramolecular Hbond substituents is 1. The summed E-state index contributed by atoms with van der Waals surface area (Å²) < 4.78 is 5.72. The molecule has 2 nitrogen and oxygen atoms in total. The molecule has 0 atom stereocenters. The quantitative estimate of drug-likeness (QED) is 0.766. The number of aromatic hydroxyl groups is 1.